The van der Waals surface area contributed by atoms with E-state index in [4.69, 9.17) is 18.9 Å². The highest BCUT2D eigenvalue weighted by molar-refractivity contribution is 5.91. The Kier molecular flexibility index (Phi) is 6.35. The van der Waals surface area contributed by atoms with Crippen molar-refractivity contribution in [3.8, 4) is 0 Å². The van der Waals surface area contributed by atoms with Crippen molar-refractivity contribution >= 4 is 5.78 Å². The Bertz CT molecular complexity index is 933. The van der Waals surface area contributed by atoms with Crippen molar-refractivity contribution in [2.45, 2.75) is 117 Å². The Balaban J connectivity index is 1.29. The van der Waals surface area contributed by atoms with Crippen molar-refractivity contribution in [1.29, 1.82) is 0 Å². The molecule has 1 unspecified atom stereocenters. The van der Waals surface area contributed by atoms with E-state index in [2.05, 4.69) is 40.7 Å². The topological polar surface area (TPSA) is 54.0 Å². The number of allylic oxidation sites excluding steroid dienone is 2. The van der Waals surface area contributed by atoms with Crippen LogP contribution in [0.25, 0.3) is 0 Å². The van der Waals surface area contributed by atoms with Gasteiger partial charge in [-0.3, -0.25) is 4.79 Å². The van der Waals surface area contributed by atoms with Gasteiger partial charge >= 0.3 is 0 Å². The van der Waals surface area contributed by atoms with Gasteiger partial charge in [0.2, 0.25) is 0 Å². The lowest BCUT2D eigenvalue weighted by Gasteiger charge is -2.65. The highest BCUT2D eigenvalue weighted by Crippen LogP contribution is 2.71. The second-order valence-corrected chi connectivity index (χ2v) is 14.8. The van der Waals surface area contributed by atoms with Crippen LogP contribution in [0.5, 0.6) is 0 Å². The quantitative estimate of drug-likeness (QED) is 0.399. The zero-order valence-electron chi connectivity index (χ0n) is 24.3. The van der Waals surface area contributed by atoms with Gasteiger partial charge in [0.25, 0.3) is 0 Å². The van der Waals surface area contributed by atoms with Crippen molar-refractivity contribution in [3.63, 3.8) is 0 Å². The van der Waals surface area contributed by atoms with Gasteiger partial charge < -0.3 is 18.9 Å². The van der Waals surface area contributed by atoms with E-state index in [1.54, 1.807) is 0 Å². The van der Waals surface area contributed by atoms with Crippen molar-refractivity contribution in [2.24, 2.45) is 52.3 Å². The van der Waals surface area contributed by atoms with E-state index in [1.165, 1.54) is 25.7 Å². The summed E-state index contributed by atoms with van der Waals surface area (Å²) in [6.07, 6.45) is 12.6. The van der Waals surface area contributed by atoms with Crippen LogP contribution in [0.2, 0.25) is 0 Å². The number of hydrogen-bond acceptors (Lipinski definition) is 5. The summed E-state index contributed by atoms with van der Waals surface area (Å²) in [5.74, 6) is 2.72. The van der Waals surface area contributed by atoms with Gasteiger partial charge in [0.1, 0.15) is 0 Å². The van der Waals surface area contributed by atoms with E-state index in [0.29, 0.717) is 54.1 Å². The van der Waals surface area contributed by atoms with Gasteiger partial charge in [-0.25, -0.2) is 0 Å². The van der Waals surface area contributed by atoms with Crippen LogP contribution in [0.1, 0.15) is 93.4 Å². The molecule has 0 aromatic heterocycles. The molecule has 0 aromatic rings. The van der Waals surface area contributed by atoms with Gasteiger partial charge in [-0.15, -0.1) is 0 Å². The molecule has 0 amide bonds. The number of hydrogen-bond donors (Lipinski definition) is 0. The Morgan fingerprint density at radius 3 is 2.24 bits per heavy atom. The van der Waals surface area contributed by atoms with Crippen molar-refractivity contribution in [1.82, 2.24) is 0 Å². The Morgan fingerprint density at radius 1 is 0.865 bits per heavy atom. The van der Waals surface area contributed by atoms with E-state index in [9.17, 15) is 4.79 Å². The maximum absolute atomic E-state index is 12.3. The van der Waals surface area contributed by atoms with Gasteiger partial charge in [-0.1, -0.05) is 40.7 Å². The average Bonchev–Trinajstić information content (AvgIpc) is 3.50. The molecule has 2 saturated heterocycles. The first-order chi connectivity index (χ1) is 17.4. The number of carbonyl (C=O) groups excluding carboxylic acids is 1. The van der Waals surface area contributed by atoms with Crippen molar-refractivity contribution < 1.29 is 23.7 Å². The third-order valence-corrected chi connectivity index (χ3v) is 12.1. The molecule has 0 bridgehead atoms. The van der Waals surface area contributed by atoms with Crippen LogP contribution in [0.15, 0.2) is 12.2 Å². The molecule has 0 N–H and O–H groups in total. The van der Waals surface area contributed by atoms with Gasteiger partial charge in [0, 0.05) is 18.3 Å². The van der Waals surface area contributed by atoms with Gasteiger partial charge in [0.15, 0.2) is 17.4 Å². The molecule has 0 radical (unpaired) electrons. The summed E-state index contributed by atoms with van der Waals surface area (Å²) < 4.78 is 26.2. The maximum Gasteiger partial charge on any atom is 0.172 e. The number of rotatable bonds is 4. The molecule has 5 heteroatoms. The van der Waals surface area contributed by atoms with Crippen LogP contribution in [-0.2, 0) is 23.7 Å². The lowest BCUT2D eigenvalue weighted by atomic mass is 9.42. The van der Waals surface area contributed by atoms with E-state index in [-0.39, 0.29) is 29.3 Å². The zero-order valence-corrected chi connectivity index (χ0v) is 24.3. The summed E-state index contributed by atoms with van der Waals surface area (Å²) in [7, 11) is 0. The molecule has 1 spiro atoms. The summed E-state index contributed by atoms with van der Waals surface area (Å²) in [6, 6.07) is 0. The fraction of sp³-hybridized carbons (Fsp3) is 0.906. The molecule has 5 nitrogen and oxygen atoms in total. The fourth-order valence-electron chi connectivity index (χ4n) is 10.6. The summed E-state index contributed by atoms with van der Waals surface area (Å²) in [5.41, 5.74) is 0.438. The first kappa shape index (κ1) is 26.5. The van der Waals surface area contributed by atoms with Crippen molar-refractivity contribution in [2.75, 3.05) is 13.2 Å². The van der Waals surface area contributed by atoms with Crippen molar-refractivity contribution in [3.05, 3.63) is 12.2 Å². The first-order valence-electron chi connectivity index (χ1n) is 15.2. The minimum Gasteiger partial charge on any atom is -0.347 e. The third kappa shape index (κ3) is 4.04. The van der Waals surface area contributed by atoms with Gasteiger partial charge in [-0.05, 0) is 98.9 Å². The first-order valence-corrected chi connectivity index (χ1v) is 15.2. The van der Waals surface area contributed by atoms with Crippen LogP contribution in [0.3, 0.4) is 0 Å². The van der Waals surface area contributed by atoms with E-state index < -0.39 is 11.6 Å². The predicted molar refractivity (Wildman–Crippen MR) is 143 cm³/mol. The molecular formula is C32H50O5. The molecule has 4 aliphatic carbocycles. The normalized spacial score (nSPS) is 48.6. The molecule has 6 rings (SSSR count). The minimum atomic E-state index is -0.506. The minimum absolute atomic E-state index is 0.0687. The monoisotopic (exact) mass is 514 g/mol. The summed E-state index contributed by atoms with van der Waals surface area (Å²) in [4.78, 5) is 12.3. The highest BCUT2D eigenvalue weighted by atomic mass is 16.8. The van der Waals surface area contributed by atoms with E-state index >= 15 is 0 Å². The summed E-state index contributed by atoms with van der Waals surface area (Å²) in [6.45, 7) is 17.0. The zero-order chi connectivity index (χ0) is 26.4. The second kappa shape index (κ2) is 8.88. The van der Waals surface area contributed by atoms with Crippen LogP contribution in [0.4, 0.5) is 0 Å². The standard InChI is InChI=1S/C32H50O5/c1-19(2)25(33)11-8-20(3)22-9-10-23-21-17-32(34-14-15-35-32)28-16-26-27(37-29(4,5)36-26)18-31(28,7)24(21)12-13-30(22,23)6/h8,11,19-24,26-28H,9-10,12-18H2,1-7H3/b11-8+/t20-,21+,22-,23+,24+,26+,27-,28?,30-,31-/m1/s1. The van der Waals surface area contributed by atoms with Crippen LogP contribution < -0.4 is 0 Å². The molecule has 2 heterocycles. The van der Waals surface area contributed by atoms with E-state index in [1.807, 2.05) is 19.9 Å². The molecular weight excluding hydrogens is 464 g/mol. The predicted octanol–water partition coefficient (Wildman–Crippen LogP) is 6.55. The van der Waals surface area contributed by atoms with Crippen LogP contribution in [-0.4, -0.2) is 42.8 Å². The SMILES string of the molecule is CC(C)C(=O)/C=C/[C@@H](C)[C@H]1CC[C@H]2[C@@H]3CC4(OCCO4)C4C[C@@H]5OC(C)(C)O[C@@H]5C[C@]4(C)[C@H]3CC[C@]12C. The molecule has 2 aliphatic heterocycles. The number of ketones is 1. The molecule has 6 aliphatic rings. The van der Waals surface area contributed by atoms with Gasteiger partial charge in [0.05, 0.1) is 25.4 Å². The molecule has 4 saturated carbocycles. The molecule has 6 fully saturated rings. The lowest BCUT2D eigenvalue weighted by molar-refractivity contribution is -0.300. The number of carbonyl (C=O) groups is 1. The molecule has 37 heavy (non-hydrogen) atoms. The fourth-order valence-corrected chi connectivity index (χ4v) is 10.6. The third-order valence-electron chi connectivity index (χ3n) is 12.1. The van der Waals surface area contributed by atoms with Gasteiger partial charge in [-0.2, -0.15) is 0 Å². The highest BCUT2D eigenvalue weighted by Gasteiger charge is 2.70. The lowest BCUT2D eigenvalue weighted by Crippen LogP contribution is -2.65. The average molecular weight is 515 g/mol. The Labute approximate surface area is 224 Å². The summed E-state index contributed by atoms with van der Waals surface area (Å²) in [5, 5.41) is 0. The Hall–Kier alpha value is -0.750. The van der Waals surface area contributed by atoms with Crippen LogP contribution >= 0.6 is 0 Å². The number of ether oxygens (including phenoxy) is 4. The molecule has 208 valence electrons. The van der Waals surface area contributed by atoms with Crippen LogP contribution in [0, 0.1) is 52.3 Å². The maximum atomic E-state index is 12.3. The number of fused-ring (bicyclic) bond motifs is 7. The largest absolute Gasteiger partial charge is 0.347 e. The molecule has 10 atom stereocenters. The Morgan fingerprint density at radius 2 is 1.54 bits per heavy atom. The summed E-state index contributed by atoms with van der Waals surface area (Å²) >= 11 is 0. The van der Waals surface area contributed by atoms with E-state index in [0.717, 1.165) is 19.3 Å². The molecule has 0 aromatic carbocycles. The smallest absolute Gasteiger partial charge is 0.172 e. The second-order valence-electron chi connectivity index (χ2n) is 14.8.